The van der Waals surface area contributed by atoms with E-state index in [0.717, 1.165) is 6.42 Å². The van der Waals surface area contributed by atoms with Crippen molar-refractivity contribution in [3.8, 4) is 0 Å². The molecule has 0 aliphatic heterocycles. The molecule has 0 aliphatic carbocycles. The van der Waals surface area contributed by atoms with Crippen molar-refractivity contribution in [1.82, 2.24) is 0 Å². The van der Waals surface area contributed by atoms with Crippen molar-refractivity contribution in [2.45, 2.75) is 96.4 Å². The Hall–Kier alpha value is -0.340. The summed E-state index contributed by atoms with van der Waals surface area (Å²) in [7, 11) is 0. The van der Waals surface area contributed by atoms with Crippen LogP contribution in [0, 0.1) is 0 Å². The average Bonchev–Trinajstić information content (AvgIpc) is 2.47. The third kappa shape index (κ3) is 15.7. The molecule has 0 amide bonds. The minimum Gasteiger partial charge on any atom is -0.329 e. The minimum absolute atomic E-state index is 0.215. The van der Waals surface area contributed by atoms with E-state index >= 15 is 0 Å². The van der Waals surface area contributed by atoms with E-state index < -0.39 is 0 Å². The molecule has 0 aliphatic rings. The molecular formula is C18H38N2. The third-order valence-electron chi connectivity index (χ3n) is 3.89. The molecule has 0 heterocycles. The van der Waals surface area contributed by atoms with Gasteiger partial charge in [0.05, 0.1) is 0 Å². The van der Waals surface area contributed by atoms with Gasteiger partial charge in [0.15, 0.2) is 0 Å². The van der Waals surface area contributed by atoms with Crippen LogP contribution in [0.15, 0.2) is 12.2 Å². The summed E-state index contributed by atoms with van der Waals surface area (Å²) in [5.41, 5.74) is 11.3. The Morgan fingerprint density at radius 3 is 1.80 bits per heavy atom. The highest BCUT2D eigenvalue weighted by atomic mass is 14.7. The van der Waals surface area contributed by atoms with E-state index in [1.54, 1.807) is 0 Å². The molecule has 20 heavy (non-hydrogen) atoms. The Labute approximate surface area is 127 Å². The van der Waals surface area contributed by atoms with Crippen LogP contribution in [-0.4, -0.2) is 12.6 Å². The maximum absolute atomic E-state index is 5.78. The lowest BCUT2D eigenvalue weighted by atomic mass is 10.1. The van der Waals surface area contributed by atoms with Crippen LogP contribution < -0.4 is 11.5 Å². The monoisotopic (exact) mass is 282 g/mol. The fraction of sp³-hybridized carbons (Fsp3) is 0.889. The molecule has 0 fully saturated rings. The standard InChI is InChI=1S/C18H38N2/c1-2-3-4-5-6-7-8-9-10-11-12-13-14-15-16-18(20)17-19/h9-10,18H,2-8,11-17,19-20H2,1H3/b10-9-/t18-/m1/s1. The first-order chi connectivity index (χ1) is 9.81. The Balaban J connectivity index is 3.09. The summed E-state index contributed by atoms with van der Waals surface area (Å²) in [6.07, 6.45) is 21.9. The molecule has 0 aromatic rings. The van der Waals surface area contributed by atoms with Crippen LogP contribution in [0.25, 0.3) is 0 Å². The van der Waals surface area contributed by atoms with Crippen molar-refractivity contribution >= 4 is 0 Å². The number of hydrogen-bond acceptors (Lipinski definition) is 2. The van der Waals surface area contributed by atoms with Gasteiger partial charge >= 0.3 is 0 Å². The Kier molecular flexibility index (Phi) is 16.4. The van der Waals surface area contributed by atoms with Gasteiger partial charge in [-0.05, 0) is 32.1 Å². The molecule has 0 aromatic heterocycles. The Morgan fingerprint density at radius 2 is 1.25 bits per heavy atom. The molecule has 0 spiro atoms. The van der Waals surface area contributed by atoms with Crippen LogP contribution in [0.4, 0.5) is 0 Å². The molecule has 0 bridgehead atoms. The summed E-state index contributed by atoms with van der Waals surface area (Å²) >= 11 is 0. The van der Waals surface area contributed by atoms with Gasteiger partial charge in [0, 0.05) is 12.6 Å². The van der Waals surface area contributed by atoms with Gasteiger partial charge in [0.1, 0.15) is 0 Å². The fourth-order valence-corrected chi connectivity index (χ4v) is 2.42. The molecule has 2 nitrogen and oxygen atoms in total. The van der Waals surface area contributed by atoms with Crippen LogP contribution in [-0.2, 0) is 0 Å². The predicted octanol–water partition coefficient (Wildman–Crippen LogP) is 4.92. The second-order valence-electron chi connectivity index (χ2n) is 6.02. The largest absolute Gasteiger partial charge is 0.329 e. The van der Waals surface area contributed by atoms with E-state index in [4.69, 9.17) is 11.5 Å². The topological polar surface area (TPSA) is 52.0 Å². The van der Waals surface area contributed by atoms with Gasteiger partial charge < -0.3 is 11.5 Å². The van der Waals surface area contributed by atoms with E-state index in [-0.39, 0.29) is 6.04 Å². The highest BCUT2D eigenvalue weighted by Crippen LogP contribution is 2.09. The fourth-order valence-electron chi connectivity index (χ4n) is 2.42. The number of rotatable bonds is 15. The van der Waals surface area contributed by atoms with Crippen molar-refractivity contribution < 1.29 is 0 Å². The molecule has 0 aromatic carbocycles. The molecule has 1 atom stereocenters. The van der Waals surface area contributed by atoms with Crippen LogP contribution in [0.3, 0.4) is 0 Å². The zero-order valence-corrected chi connectivity index (χ0v) is 13.8. The molecule has 0 rings (SSSR count). The van der Waals surface area contributed by atoms with Gasteiger partial charge in [-0.3, -0.25) is 0 Å². The third-order valence-corrected chi connectivity index (χ3v) is 3.89. The normalized spacial score (nSPS) is 13.2. The summed E-state index contributed by atoms with van der Waals surface area (Å²) < 4.78 is 0. The number of allylic oxidation sites excluding steroid dienone is 2. The summed E-state index contributed by atoms with van der Waals surface area (Å²) in [6.45, 7) is 2.90. The second kappa shape index (κ2) is 16.7. The lowest BCUT2D eigenvalue weighted by Gasteiger charge is -2.07. The van der Waals surface area contributed by atoms with E-state index in [0.29, 0.717) is 6.54 Å². The summed E-state index contributed by atoms with van der Waals surface area (Å²) in [5.74, 6) is 0. The Bertz CT molecular complexity index is 202. The summed E-state index contributed by atoms with van der Waals surface area (Å²) in [4.78, 5) is 0. The van der Waals surface area contributed by atoms with Crippen LogP contribution in [0.2, 0.25) is 0 Å². The van der Waals surface area contributed by atoms with Gasteiger partial charge in [-0.1, -0.05) is 70.4 Å². The maximum Gasteiger partial charge on any atom is 0.0163 e. The van der Waals surface area contributed by atoms with Gasteiger partial charge in [0.2, 0.25) is 0 Å². The lowest BCUT2D eigenvalue weighted by molar-refractivity contribution is 0.548. The highest BCUT2D eigenvalue weighted by molar-refractivity contribution is 4.81. The first kappa shape index (κ1) is 19.7. The lowest BCUT2D eigenvalue weighted by Crippen LogP contribution is -2.29. The molecule has 0 unspecified atom stereocenters. The summed E-state index contributed by atoms with van der Waals surface area (Å²) in [6, 6.07) is 0.215. The second-order valence-corrected chi connectivity index (χ2v) is 6.02. The Morgan fingerprint density at radius 1 is 0.750 bits per heavy atom. The predicted molar refractivity (Wildman–Crippen MR) is 91.9 cm³/mol. The molecule has 0 radical (unpaired) electrons. The van der Waals surface area contributed by atoms with Crippen molar-refractivity contribution in [2.75, 3.05) is 6.54 Å². The zero-order chi connectivity index (χ0) is 14.9. The number of unbranched alkanes of at least 4 members (excludes halogenated alkanes) is 10. The van der Waals surface area contributed by atoms with E-state index in [9.17, 15) is 0 Å². The molecule has 0 saturated heterocycles. The SMILES string of the molecule is CCCCCCCC/C=C\CCCCCC[C@@H](N)CN. The molecule has 0 saturated carbocycles. The highest BCUT2D eigenvalue weighted by Gasteiger charge is 1.97. The van der Waals surface area contributed by atoms with Crippen molar-refractivity contribution in [3.05, 3.63) is 12.2 Å². The average molecular weight is 283 g/mol. The first-order valence-electron chi connectivity index (χ1n) is 8.92. The van der Waals surface area contributed by atoms with Crippen molar-refractivity contribution in [1.29, 1.82) is 0 Å². The number of nitrogens with two attached hydrogens (primary N) is 2. The van der Waals surface area contributed by atoms with Crippen LogP contribution in [0.1, 0.15) is 90.4 Å². The smallest absolute Gasteiger partial charge is 0.0163 e. The molecular weight excluding hydrogens is 244 g/mol. The van der Waals surface area contributed by atoms with E-state index in [2.05, 4.69) is 19.1 Å². The summed E-state index contributed by atoms with van der Waals surface area (Å²) in [5, 5.41) is 0. The van der Waals surface area contributed by atoms with E-state index in [1.165, 1.54) is 77.0 Å². The number of hydrogen-bond donors (Lipinski definition) is 2. The van der Waals surface area contributed by atoms with E-state index in [1.807, 2.05) is 0 Å². The molecule has 2 heteroatoms. The molecule has 4 N–H and O–H groups in total. The molecule has 120 valence electrons. The van der Waals surface area contributed by atoms with Crippen molar-refractivity contribution in [2.24, 2.45) is 11.5 Å². The van der Waals surface area contributed by atoms with Gasteiger partial charge in [-0.15, -0.1) is 0 Å². The van der Waals surface area contributed by atoms with Crippen LogP contribution in [0.5, 0.6) is 0 Å². The quantitative estimate of drug-likeness (QED) is 0.331. The minimum atomic E-state index is 0.215. The maximum atomic E-state index is 5.78. The van der Waals surface area contributed by atoms with Gasteiger partial charge in [-0.2, -0.15) is 0 Å². The van der Waals surface area contributed by atoms with Crippen molar-refractivity contribution in [3.63, 3.8) is 0 Å². The van der Waals surface area contributed by atoms with Gasteiger partial charge in [-0.25, -0.2) is 0 Å². The van der Waals surface area contributed by atoms with Crippen LogP contribution >= 0.6 is 0 Å². The van der Waals surface area contributed by atoms with Gasteiger partial charge in [0.25, 0.3) is 0 Å². The first-order valence-corrected chi connectivity index (χ1v) is 8.92. The zero-order valence-electron chi connectivity index (χ0n) is 13.8.